The van der Waals surface area contributed by atoms with Gasteiger partial charge in [0.15, 0.2) is 0 Å². The fraction of sp³-hybridized carbons (Fsp3) is 0.588. The van der Waals surface area contributed by atoms with Gasteiger partial charge in [0, 0.05) is 19.1 Å². The van der Waals surface area contributed by atoms with Crippen molar-refractivity contribution in [2.75, 3.05) is 6.54 Å². The minimum atomic E-state index is 0.0150. The zero-order chi connectivity index (χ0) is 14.4. The fourth-order valence-electron chi connectivity index (χ4n) is 3.03. The normalized spacial score (nSPS) is 23.1. The van der Waals surface area contributed by atoms with Crippen molar-refractivity contribution in [3.05, 3.63) is 35.9 Å². The molecule has 3 heteroatoms. The summed E-state index contributed by atoms with van der Waals surface area (Å²) in [6, 6.07) is 10.2. The van der Waals surface area contributed by atoms with Crippen LogP contribution in [0.3, 0.4) is 0 Å². The number of rotatable bonds is 4. The monoisotopic (exact) mass is 274 g/mol. The Morgan fingerprint density at radius 3 is 2.60 bits per heavy atom. The number of nitrogens with zero attached hydrogens (tertiary/aromatic N) is 1. The van der Waals surface area contributed by atoms with Crippen LogP contribution in [0.1, 0.15) is 44.6 Å². The first kappa shape index (κ1) is 15.0. The molecule has 0 bridgehead atoms. The van der Waals surface area contributed by atoms with Crippen LogP contribution >= 0.6 is 0 Å². The molecule has 0 spiro atoms. The summed E-state index contributed by atoms with van der Waals surface area (Å²) in [5.41, 5.74) is 7.40. The molecule has 1 aliphatic carbocycles. The van der Waals surface area contributed by atoms with Crippen molar-refractivity contribution in [2.45, 2.75) is 51.6 Å². The summed E-state index contributed by atoms with van der Waals surface area (Å²) in [5.74, 6) is 0.256. The standard InChI is InChI=1S/C17H26N2O/c1-2-19(13-14-9-5-3-6-10-14)17(20)15-11-7-4-8-12-16(15)18/h3,5-6,9-10,15-16H,2,4,7-8,11-13,18H2,1H3. The molecule has 1 aliphatic rings. The maximum Gasteiger partial charge on any atom is 0.227 e. The molecule has 0 heterocycles. The number of hydrogen-bond acceptors (Lipinski definition) is 2. The van der Waals surface area contributed by atoms with Crippen LogP contribution in [0.5, 0.6) is 0 Å². The summed E-state index contributed by atoms with van der Waals surface area (Å²) < 4.78 is 0. The van der Waals surface area contributed by atoms with Gasteiger partial charge in [0.05, 0.1) is 5.92 Å². The van der Waals surface area contributed by atoms with Crippen molar-refractivity contribution in [3.63, 3.8) is 0 Å². The smallest absolute Gasteiger partial charge is 0.227 e. The summed E-state index contributed by atoms with van der Waals surface area (Å²) in [4.78, 5) is 14.7. The summed E-state index contributed by atoms with van der Waals surface area (Å²) in [6.07, 6.45) is 5.44. The van der Waals surface area contributed by atoms with Crippen LogP contribution in [0.15, 0.2) is 30.3 Å². The predicted octanol–water partition coefficient (Wildman–Crippen LogP) is 2.94. The SMILES string of the molecule is CCN(Cc1ccccc1)C(=O)C1CCCCCC1N. The van der Waals surface area contributed by atoms with Gasteiger partial charge in [0.2, 0.25) is 5.91 Å². The zero-order valence-electron chi connectivity index (χ0n) is 12.4. The Hall–Kier alpha value is -1.35. The summed E-state index contributed by atoms with van der Waals surface area (Å²) in [7, 11) is 0. The number of carbonyl (C=O) groups is 1. The van der Waals surface area contributed by atoms with Gasteiger partial charge in [-0.3, -0.25) is 4.79 Å². The number of amides is 1. The first-order chi connectivity index (χ1) is 9.72. The van der Waals surface area contributed by atoms with Crippen LogP contribution in [0.25, 0.3) is 0 Å². The molecule has 1 fully saturated rings. The van der Waals surface area contributed by atoms with Crippen LogP contribution < -0.4 is 5.73 Å². The molecular weight excluding hydrogens is 248 g/mol. The topological polar surface area (TPSA) is 46.3 Å². The van der Waals surface area contributed by atoms with E-state index < -0.39 is 0 Å². The zero-order valence-corrected chi connectivity index (χ0v) is 12.4. The third-order valence-electron chi connectivity index (χ3n) is 4.30. The Labute approximate surface area is 122 Å². The Bertz CT molecular complexity index is 418. The van der Waals surface area contributed by atoms with E-state index in [4.69, 9.17) is 5.73 Å². The van der Waals surface area contributed by atoms with Crippen molar-refractivity contribution in [1.29, 1.82) is 0 Å². The van der Waals surface area contributed by atoms with Crippen molar-refractivity contribution >= 4 is 5.91 Å². The molecule has 2 atom stereocenters. The second-order valence-electron chi connectivity index (χ2n) is 5.75. The molecule has 1 amide bonds. The minimum absolute atomic E-state index is 0.0150. The van der Waals surface area contributed by atoms with Crippen LogP contribution in [-0.4, -0.2) is 23.4 Å². The Morgan fingerprint density at radius 1 is 1.20 bits per heavy atom. The molecule has 3 nitrogen and oxygen atoms in total. The maximum absolute atomic E-state index is 12.7. The summed E-state index contributed by atoms with van der Waals surface area (Å²) in [6.45, 7) is 3.49. The Morgan fingerprint density at radius 2 is 1.90 bits per heavy atom. The minimum Gasteiger partial charge on any atom is -0.338 e. The molecule has 1 aromatic carbocycles. The summed E-state index contributed by atoms with van der Waals surface area (Å²) >= 11 is 0. The van der Waals surface area contributed by atoms with E-state index in [1.807, 2.05) is 30.0 Å². The van der Waals surface area contributed by atoms with E-state index in [1.54, 1.807) is 0 Å². The van der Waals surface area contributed by atoms with Gasteiger partial charge in [0.25, 0.3) is 0 Å². The quantitative estimate of drug-likeness (QED) is 0.858. The number of hydrogen-bond donors (Lipinski definition) is 1. The highest BCUT2D eigenvalue weighted by molar-refractivity contribution is 5.79. The van der Waals surface area contributed by atoms with E-state index in [-0.39, 0.29) is 17.9 Å². The van der Waals surface area contributed by atoms with Gasteiger partial charge in [-0.2, -0.15) is 0 Å². The fourth-order valence-corrected chi connectivity index (χ4v) is 3.03. The molecular formula is C17H26N2O. The third kappa shape index (κ3) is 3.83. The van der Waals surface area contributed by atoms with Crippen LogP contribution in [-0.2, 0) is 11.3 Å². The maximum atomic E-state index is 12.7. The van der Waals surface area contributed by atoms with Gasteiger partial charge in [-0.05, 0) is 25.3 Å². The molecule has 0 aliphatic heterocycles. The highest BCUT2D eigenvalue weighted by Crippen LogP contribution is 2.24. The molecule has 0 aromatic heterocycles. The number of nitrogens with two attached hydrogens (primary N) is 1. The van der Waals surface area contributed by atoms with E-state index in [0.717, 1.165) is 32.2 Å². The lowest BCUT2D eigenvalue weighted by atomic mass is 9.93. The molecule has 20 heavy (non-hydrogen) atoms. The molecule has 0 radical (unpaired) electrons. The highest BCUT2D eigenvalue weighted by Gasteiger charge is 2.29. The van der Waals surface area contributed by atoms with E-state index in [2.05, 4.69) is 12.1 Å². The molecule has 1 aromatic rings. The average Bonchev–Trinajstić information content (AvgIpc) is 2.70. The van der Waals surface area contributed by atoms with Gasteiger partial charge in [-0.15, -0.1) is 0 Å². The Balaban J connectivity index is 2.04. The molecule has 2 unspecified atom stereocenters. The second kappa shape index (κ2) is 7.44. The number of carbonyl (C=O) groups excluding carboxylic acids is 1. The van der Waals surface area contributed by atoms with Crippen molar-refractivity contribution < 1.29 is 4.79 Å². The number of benzene rings is 1. The van der Waals surface area contributed by atoms with Crippen molar-refractivity contribution in [2.24, 2.45) is 11.7 Å². The third-order valence-corrected chi connectivity index (χ3v) is 4.30. The lowest BCUT2D eigenvalue weighted by Crippen LogP contribution is -2.43. The van der Waals surface area contributed by atoms with Gasteiger partial charge in [-0.1, -0.05) is 49.6 Å². The lowest BCUT2D eigenvalue weighted by Gasteiger charge is -2.28. The van der Waals surface area contributed by atoms with Gasteiger partial charge < -0.3 is 10.6 Å². The highest BCUT2D eigenvalue weighted by atomic mass is 16.2. The second-order valence-corrected chi connectivity index (χ2v) is 5.75. The van der Waals surface area contributed by atoms with Gasteiger partial charge in [-0.25, -0.2) is 0 Å². The van der Waals surface area contributed by atoms with E-state index in [0.29, 0.717) is 6.54 Å². The summed E-state index contributed by atoms with van der Waals surface area (Å²) in [5, 5.41) is 0. The first-order valence-corrected chi connectivity index (χ1v) is 7.80. The van der Waals surface area contributed by atoms with Crippen molar-refractivity contribution in [3.8, 4) is 0 Å². The molecule has 2 N–H and O–H groups in total. The van der Waals surface area contributed by atoms with E-state index in [9.17, 15) is 4.79 Å². The van der Waals surface area contributed by atoms with E-state index in [1.165, 1.54) is 12.0 Å². The molecule has 0 saturated heterocycles. The van der Waals surface area contributed by atoms with Gasteiger partial charge in [0.1, 0.15) is 0 Å². The molecule has 1 saturated carbocycles. The van der Waals surface area contributed by atoms with Crippen molar-refractivity contribution in [1.82, 2.24) is 4.90 Å². The van der Waals surface area contributed by atoms with E-state index >= 15 is 0 Å². The molecule has 110 valence electrons. The average molecular weight is 274 g/mol. The predicted molar refractivity (Wildman–Crippen MR) is 82.1 cm³/mol. The first-order valence-electron chi connectivity index (χ1n) is 7.80. The lowest BCUT2D eigenvalue weighted by molar-refractivity contribution is -0.136. The van der Waals surface area contributed by atoms with Crippen LogP contribution in [0.2, 0.25) is 0 Å². The Kier molecular flexibility index (Phi) is 5.60. The largest absolute Gasteiger partial charge is 0.338 e. The van der Waals surface area contributed by atoms with Crippen LogP contribution in [0, 0.1) is 5.92 Å². The van der Waals surface area contributed by atoms with Crippen LogP contribution in [0.4, 0.5) is 0 Å². The molecule has 2 rings (SSSR count). The van der Waals surface area contributed by atoms with Gasteiger partial charge >= 0.3 is 0 Å².